The van der Waals surface area contributed by atoms with Crippen molar-refractivity contribution in [3.8, 4) is 0 Å². The lowest BCUT2D eigenvalue weighted by molar-refractivity contribution is -0.710. The van der Waals surface area contributed by atoms with E-state index in [0.717, 1.165) is 5.76 Å². The predicted molar refractivity (Wildman–Crippen MR) is 84.4 cm³/mol. The van der Waals surface area contributed by atoms with Crippen LogP contribution in [0.2, 0.25) is 0 Å². The molecule has 0 spiro atoms. The van der Waals surface area contributed by atoms with Gasteiger partial charge in [0.15, 0.2) is 5.76 Å². The van der Waals surface area contributed by atoms with E-state index in [4.69, 9.17) is 9.15 Å². The van der Waals surface area contributed by atoms with Crippen LogP contribution < -0.4 is 5.32 Å². The highest BCUT2D eigenvalue weighted by atomic mass is 16.5. The highest BCUT2D eigenvalue weighted by Gasteiger charge is 2.28. The molecule has 6 nitrogen and oxygen atoms in total. The maximum Gasteiger partial charge on any atom is 0.339 e. The van der Waals surface area contributed by atoms with Gasteiger partial charge in [0.1, 0.15) is 12.1 Å². The predicted octanol–water partition coefficient (Wildman–Crippen LogP) is 1.91. The van der Waals surface area contributed by atoms with E-state index in [0.29, 0.717) is 22.5 Å². The van der Waals surface area contributed by atoms with Gasteiger partial charge in [0.05, 0.1) is 24.6 Å². The number of methoxy groups -OCH3 is 1. The van der Waals surface area contributed by atoms with Gasteiger partial charge in [-0.25, -0.2) is 4.79 Å². The Balaban J connectivity index is 2.18. The van der Waals surface area contributed by atoms with Crippen LogP contribution in [0.3, 0.4) is 0 Å². The molecule has 0 fully saturated rings. The molecule has 0 saturated carbocycles. The Labute approximate surface area is 135 Å². The summed E-state index contributed by atoms with van der Waals surface area (Å²) in [6.45, 7) is 7.34. The maximum atomic E-state index is 12.7. The Morgan fingerprint density at radius 2 is 2.00 bits per heavy atom. The number of rotatable bonds is 6. The van der Waals surface area contributed by atoms with Gasteiger partial charge in [0.25, 0.3) is 0 Å². The van der Waals surface area contributed by atoms with Crippen molar-refractivity contribution >= 4 is 11.8 Å². The first kappa shape index (κ1) is 17.0. The number of quaternary nitrogens is 1. The van der Waals surface area contributed by atoms with Crippen LogP contribution in [0.5, 0.6) is 0 Å². The van der Waals surface area contributed by atoms with E-state index in [9.17, 15) is 9.59 Å². The van der Waals surface area contributed by atoms with Crippen molar-refractivity contribution in [3.05, 3.63) is 46.7 Å². The van der Waals surface area contributed by atoms with Gasteiger partial charge in [-0.2, -0.15) is 0 Å². The molecular weight excluding hydrogens is 296 g/mol. The van der Waals surface area contributed by atoms with E-state index in [2.05, 4.69) is 4.98 Å². The molecule has 2 rings (SSSR count). The van der Waals surface area contributed by atoms with E-state index in [1.54, 1.807) is 20.1 Å². The van der Waals surface area contributed by atoms with E-state index < -0.39 is 5.97 Å². The number of aromatic nitrogens is 1. The van der Waals surface area contributed by atoms with Gasteiger partial charge in [0.2, 0.25) is 5.78 Å². The molecule has 2 aromatic rings. The summed E-state index contributed by atoms with van der Waals surface area (Å²) in [7, 11) is 1.33. The van der Waals surface area contributed by atoms with Crippen LogP contribution in [0.15, 0.2) is 22.8 Å². The number of Topliss-reactive ketones (excluding diaryl/α,β-unsaturated/α-hetero) is 1. The first-order chi connectivity index (χ1) is 10.9. The maximum absolute atomic E-state index is 12.7. The number of nitrogens with two attached hydrogens (primary N) is 1. The molecular formula is C17H23N2O4+. The van der Waals surface area contributed by atoms with E-state index >= 15 is 0 Å². The molecule has 0 aromatic carbocycles. The van der Waals surface area contributed by atoms with Gasteiger partial charge in [-0.1, -0.05) is 0 Å². The summed E-state index contributed by atoms with van der Waals surface area (Å²) in [4.78, 5) is 27.5. The van der Waals surface area contributed by atoms with Crippen molar-refractivity contribution in [2.75, 3.05) is 7.11 Å². The number of aryl methyl sites for hydroxylation is 1. The third kappa shape index (κ3) is 3.37. The Hall–Kier alpha value is -2.34. The zero-order valence-corrected chi connectivity index (χ0v) is 14.1. The van der Waals surface area contributed by atoms with Crippen LogP contribution in [0.1, 0.15) is 57.8 Å². The lowest BCUT2D eigenvalue weighted by atomic mass is 10.0. The molecule has 0 radical (unpaired) electrons. The third-order valence-electron chi connectivity index (χ3n) is 4.06. The number of ether oxygens (including phenoxy) is 1. The van der Waals surface area contributed by atoms with Crippen molar-refractivity contribution in [3.63, 3.8) is 0 Å². The fourth-order valence-corrected chi connectivity index (χ4v) is 2.80. The summed E-state index contributed by atoms with van der Waals surface area (Å²) in [6.07, 6.45) is 1.62. The molecule has 124 valence electrons. The molecule has 0 amide bonds. The van der Waals surface area contributed by atoms with Crippen LogP contribution in [0.4, 0.5) is 0 Å². The lowest BCUT2D eigenvalue weighted by Crippen LogP contribution is -2.91. The van der Waals surface area contributed by atoms with Crippen LogP contribution in [-0.2, 0) is 4.74 Å². The van der Waals surface area contributed by atoms with Gasteiger partial charge in [-0.15, -0.1) is 0 Å². The Morgan fingerprint density at radius 1 is 1.30 bits per heavy atom. The standard InChI is InChI=1S/C17H22N2O4/c1-9-14(17(21)22-5)11(3)19-15(9)16(20)12(4)18-10(2)13-7-6-8-23-13/h6-8,10,12,18-19H,1-5H3/p+1/t10-,12+/m0/s1. The molecule has 6 heteroatoms. The second-order valence-corrected chi connectivity index (χ2v) is 5.77. The summed E-state index contributed by atoms with van der Waals surface area (Å²) in [5.41, 5.74) is 2.16. The van der Waals surface area contributed by atoms with Crippen molar-refractivity contribution < 1.29 is 24.1 Å². The number of furan rings is 1. The number of H-pyrrole nitrogens is 1. The number of carbonyl (C=O) groups is 2. The second kappa shape index (κ2) is 6.83. The smallest absolute Gasteiger partial charge is 0.339 e. The molecule has 0 unspecified atom stereocenters. The molecule has 3 N–H and O–H groups in total. The van der Waals surface area contributed by atoms with Gasteiger partial charge in [-0.3, -0.25) is 4.79 Å². The van der Waals surface area contributed by atoms with E-state index in [-0.39, 0.29) is 17.9 Å². The monoisotopic (exact) mass is 319 g/mol. The van der Waals surface area contributed by atoms with Gasteiger partial charge in [0, 0.05) is 5.69 Å². The highest BCUT2D eigenvalue weighted by Crippen LogP contribution is 2.20. The number of nitrogens with one attached hydrogen (secondary N) is 1. The summed E-state index contributed by atoms with van der Waals surface area (Å²) >= 11 is 0. The average molecular weight is 319 g/mol. The minimum atomic E-state index is -0.434. The molecule has 0 aliphatic heterocycles. The van der Waals surface area contributed by atoms with Crippen LogP contribution in [-0.4, -0.2) is 29.9 Å². The molecule has 0 aliphatic carbocycles. The SMILES string of the molecule is COC(=O)c1c(C)[nH]c(C(=O)[C@@H](C)[NH2+][C@@H](C)c2ccco2)c1C. The van der Waals surface area contributed by atoms with Gasteiger partial charge in [-0.05, 0) is 45.4 Å². The van der Waals surface area contributed by atoms with Crippen molar-refractivity contribution in [2.24, 2.45) is 0 Å². The zero-order valence-electron chi connectivity index (χ0n) is 14.1. The first-order valence-electron chi connectivity index (χ1n) is 7.56. The number of aromatic amines is 1. The van der Waals surface area contributed by atoms with Crippen molar-refractivity contribution in [1.29, 1.82) is 0 Å². The molecule has 0 aliphatic rings. The molecule has 0 saturated heterocycles. The largest absolute Gasteiger partial charge is 0.465 e. The minimum Gasteiger partial charge on any atom is -0.465 e. The summed E-state index contributed by atoms with van der Waals surface area (Å²) in [6, 6.07) is 3.43. The fraction of sp³-hybridized carbons (Fsp3) is 0.412. The number of hydrogen-bond acceptors (Lipinski definition) is 4. The van der Waals surface area contributed by atoms with Gasteiger partial charge < -0.3 is 19.5 Å². The zero-order chi connectivity index (χ0) is 17.1. The molecule has 2 atom stereocenters. The van der Waals surface area contributed by atoms with E-state index in [1.165, 1.54) is 7.11 Å². The summed E-state index contributed by atoms with van der Waals surface area (Å²) in [5.74, 6) is 0.328. The number of esters is 1. The Bertz CT molecular complexity index is 701. The topological polar surface area (TPSA) is 88.9 Å². The summed E-state index contributed by atoms with van der Waals surface area (Å²) < 4.78 is 10.1. The third-order valence-corrected chi connectivity index (χ3v) is 4.06. The highest BCUT2D eigenvalue weighted by molar-refractivity contribution is 6.03. The van der Waals surface area contributed by atoms with Crippen LogP contribution in [0, 0.1) is 13.8 Å². The Morgan fingerprint density at radius 3 is 2.57 bits per heavy atom. The molecule has 2 aromatic heterocycles. The number of ketones is 1. The van der Waals surface area contributed by atoms with E-state index in [1.807, 2.05) is 31.3 Å². The number of hydrogen-bond donors (Lipinski definition) is 2. The fourth-order valence-electron chi connectivity index (χ4n) is 2.80. The van der Waals surface area contributed by atoms with Crippen molar-refractivity contribution in [2.45, 2.75) is 39.8 Å². The molecule has 23 heavy (non-hydrogen) atoms. The normalized spacial score (nSPS) is 13.6. The van der Waals surface area contributed by atoms with Gasteiger partial charge >= 0.3 is 5.97 Å². The number of carbonyl (C=O) groups excluding carboxylic acids is 2. The van der Waals surface area contributed by atoms with Crippen molar-refractivity contribution in [1.82, 2.24) is 4.98 Å². The minimum absolute atomic E-state index is 0.0281. The summed E-state index contributed by atoms with van der Waals surface area (Å²) in [5, 5.41) is 1.94. The molecule has 0 bridgehead atoms. The average Bonchev–Trinajstić information content (AvgIpc) is 3.14. The lowest BCUT2D eigenvalue weighted by Gasteiger charge is -2.14. The van der Waals surface area contributed by atoms with Crippen LogP contribution >= 0.6 is 0 Å². The van der Waals surface area contributed by atoms with Crippen LogP contribution in [0.25, 0.3) is 0 Å². The molecule has 2 heterocycles. The first-order valence-corrected chi connectivity index (χ1v) is 7.56. The Kier molecular flexibility index (Phi) is 5.05. The quantitative estimate of drug-likeness (QED) is 0.629. The second-order valence-electron chi connectivity index (χ2n) is 5.77.